The molecular formula is C11H20N2O2. The molecule has 0 aromatic carbocycles. The molecule has 0 aliphatic carbocycles. The van der Waals surface area contributed by atoms with Crippen LogP contribution in [0.25, 0.3) is 0 Å². The number of furan rings is 1. The summed E-state index contributed by atoms with van der Waals surface area (Å²) < 4.78 is 10.3. The molecule has 0 bridgehead atoms. The van der Waals surface area contributed by atoms with Crippen LogP contribution >= 0.6 is 0 Å². The van der Waals surface area contributed by atoms with E-state index in [-0.39, 0.29) is 0 Å². The van der Waals surface area contributed by atoms with Crippen LogP contribution in [0.2, 0.25) is 0 Å². The van der Waals surface area contributed by atoms with Crippen molar-refractivity contribution >= 4 is 0 Å². The second-order valence-corrected chi connectivity index (χ2v) is 3.54. The van der Waals surface area contributed by atoms with Gasteiger partial charge in [0.25, 0.3) is 0 Å². The molecule has 0 radical (unpaired) electrons. The predicted molar refractivity (Wildman–Crippen MR) is 59.3 cm³/mol. The average Bonchev–Trinajstić information content (AvgIpc) is 2.75. The van der Waals surface area contributed by atoms with E-state index in [4.69, 9.17) is 15.0 Å². The van der Waals surface area contributed by atoms with E-state index in [0.717, 1.165) is 32.5 Å². The van der Waals surface area contributed by atoms with Crippen LogP contribution < -0.4 is 11.3 Å². The molecule has 0 aliphatic heterocycles. The lowest BCUT2D eigenvalue weighted by Crippen LogP contribution is -2.36. The van der Waals surface area contributed by atoms with Gasteiger partial charge in [0.05, 0.1) is 12.5 Å². The lowest BCUT2D eigenvalue weighted by molar-refractivity contribution is 0.140. The van der Waals surface area contributed by atoms with E-state index in [1.54, 1.807) is 12.5 Å². The second kappa shape index (κ2) is 7.45. The third kappa shape index (κ3) is 4.97. The molecule has 4 nitrogen and oxygen atoms in total. The maximum Gasteiger partial charge on any atom is 0.0935 e. The van der Waals surface area contributed by atoms with Crippen molar-refractivity contribution in [1.82, 2.24) is 5.43 Å². The van der Waals surface area contributed by atoms with Gasteiger partial charge in [-0.25, -0.2) is 0 Å². The summed E-state index contributed by atoms with van der Waals surface area (Å²) in [5.41, 5.74) is 4.00. The molecule has 86 valence electrons. The Labute approximate surface area is 90.8 Å². The molecule has 3 N–H and O–H groups in total. The standard InChI is InChI=1S/C11H20N2O2/c1-2-14-6-3-4-11(13-12)8-10-5-7-15-9-10/h5,7,9,11,13H,2-4,6,8,12H2,1H3. The van der Waals surface area contributed by atoms with Gasteiger partial charge < -0.3 is 9.15 Å². The summed E-state index contributed by atoms with van der Waals surface area (Å²) in [5.74, 6) is 5.48. The Hall–Kier alpha value is -0.840. The first-order valence-electron chi connectivity index (χ1n) is 5.41. The zero-order chi connectivity index (χ0) is 10.9. The summed E-state index contributed by atoms with van der Waals surface area (Å²) in [6, 6.07) is 2.26. The normalized spacial score (nSPS) is 12.9. The minimum absolute atomic E-state index is 0.294. The monoisotopic (exact) mass is 212 g/mol. The fraction of sp³-hybridized carbons (Fsp3) is 0.636. The number of hydrazine groups is 1. The Kier molecular flexibility index (Phi) is 6.08. The van der Waals surface area contributed by atoms with Crippen LogP contribution in [-0.2, 0) is 11.2 Å². The average molecular weight is 212 g/mol. The highest BCUT2D eigenvalue weighted by Gasteiger charge is 2.07. The van der Waals surface area contributed by atoms with Crippen molar-refractivity contribution in [2.75, 3.05) is 13.2 Å². The van der Waals surface area contributed by atoms with Crippen molar-refractivity contribution in [1.29, 1.82) is 0 Å². The first-order valence-corrected chi connectivity index (χ1v) is 5.41. The van der Waals surface area contributed by atoms with E-state index in [1.165, 1.54) is 5.56 Å². The second-order valence-electron chi connectivity index (χ2n) is 3.54. The van der Waals surface area contributed by atoms with Gasteiger partial charge in [-0.15, -0.1) is 0 Å². The third-order valence-corrected chi connectivity index (χ3v) is 2.34. The third-order valence-electron chi connectivity index (χ3n) is 2.34. The summed E-state index contributed by atoms with van der Waals surface area (Å²) in [5, 5.41) is 0. The van der Waals surface area contributed by atoms with Crippen LogP contribution in [0.3, 0.4) is 0 Å². The van der Waals surface area contributed by atoms with Crippen LogP contribution in [0.5, 0.6) is 0 Å². The van der Waals surface area contributed by atoms with Crippen molar-refractivity contribution in [3.8, 4) is 0 Å². The fourth-order valence-corrected chi connectivity index (χ4v) is 1.51. The molecule has 4 heteroatoms. The number of nitrogens with two attached hydrogens (primary N) is 1. The first-order chi connectivity index (χ1) is 7.36. The van der Waals surface area contributed by atoms with Gasteiger partial charge in [-0.1, -0.05) is 0 Å². The van der Waals surface area contributed by atoms with Gasteiger partial charge in [-0.05, 0) is 37.8 Å². The molecule has 0 spiro atoms. The maximum absolute atomic E-state index is 5.48. The molecule has 0 saturated heterocycles. The highest BCUT2D eigenvalue weighted by Crippen LogP contribution is 2.07. The minimum atomic E-state index is 0.294. The lowest BCUT2D eigenvalue weighted by Gasteiger charge is -2.14. The molecule has 0 aliphatic rings. The van der Waals surface area contributed by atoms with Crippen molar-refractivity contribution in [3.05, 3.63) is 24.2 Å². The van der Waals surface area contributed by atoms with Gasteiger partial charge in [0.15, 0.2) is 0 Å². The van der Waals surface area contributed by atoms with E-state index in [9.17, 15) is 0 Å². The van der Waals surface area contributed by atoms with Crippen LogP contribution in [0.4, 0.5) is 0 Å². The summed E-state index contributed by atoms with van der Waals surface area (Å²) in [7, 11) is 0. The van der Waals surface area contributed by atoms with Crippen molar-refractivity contribution in [2.45, 2.75) is 32.2 Å². The molecule has 1 unspecified atom stereocenters. The smallest absolute Gasteiger partial charge is 0.0935 e. The van der Waals surface area contributed by atoms with Crippen molar-refractivity contribution in [2.24, 2.45) is 5.84 Å². The molecular weight excluding hydrogens is 192 g/mol. The quantitative estimate of drug-likeness (QED) is 0.389. The van der Waals surface area contributed by atoms with Crippen molar-refractivity contribution < 1.29 is 9.15 Å². The van der Waals surface area contributed by atoms with Crippen LogP contribution in [-0.4, -0.2) is 19.3 Å². The number of hydrogen-bond acceptors (Lipinski definition) is 4. The maximum atomic E-state index is 5.48. The van der Waals surface area contributed by atoms with Gasteiger partial charge in [-0.3, -0.25) is 11.3 Å². The molecule has 15 heavy (non-hydrogen) atoms. The number of nitrogens with one attached hydrogen (secondary N) is 1. The van der Waals surface area contributed by atoms with E-state index in [1.807, 2.05) is 13.0 Å². The van der Waals surface area contributed by atoms with E-state index < -0.39 is 0 Å². The highest BCUT2D eigenvalue weighted by molar-refractivity contribution is 5.07. The number of hydrogen-bond donors (Lipinski definition) is 2. The molecule has 0 saturated carbocycles. The summed E-state index contributed by atoms with van der Waals surface area (Å²) in [6.07, 6.45) is 6.39. The Bertz CT molecular complexity index is 237. The predicted octanol–water partition coefficient (Wildman–Crippen LogP) is 1.47. The van der Waals surface area contributed by atoms with Gasteiger partial charge in [0, 0.05) is 19.3 Å². The fourth-order valence-electron chi connectivity index (χ4n) is 1.51. The topological polar surface area (TPSA) is 60.4 Å². The molecule has 0 amide bonds. The van der Waals surface area contributed by atoms with Crippen LogP contribution in [0.15, 0.2) is 23.0 Å². The summed E-state index contributed by atoms with van der Waals surface area (Å²) in [4.78, 5) is 0. The minimum Gasteiger partial charge on any atom is -0.472 e. The molecule has 1 atom stereocenters. The Morgan fingerprint density at radius 3 is 3.07 bits per heavy atom. The Morgan fingerprint density at radius 2 is 2.47 bits per heavy atom. The van der Waals surface area contributed by atoms with Crippen LogP contribution in [0.1, 0.15) is 25.3 Å². The zero-order valence-corrected chi connectivity index (χ0v) is 9.24. The molecule has 1 rings (SSSR count). The zero-order valence-electron chi connectivity index (χ0n) is 9.24. The van der Waals surface area contributed by atoms with E-state index >= 15 is 0 Å². The van der Waals surface area contributed by atoms with Gasteiger partial charge in [0.2, 0.25) is 0 Å². The van der Waals surface area contributed by atoms with Gasteiger partial charge in [0.1, 0.15) is 0 Å². The van der Waals surface area contributed by atoms with E-state index in [0.29, 0.717) is 6.04 Å². The SMILES string of the molecule is CCOCCCC(Cc1ccoc1)NN. The Balaban J connectivity index is 2.18. The number of ether oxygens (including phenoxy) is 1. The van der Waals surface area contributed by atoms with Gasteiger partial charge >= 0.3 is 0 Å². The lowest BCUT2D eigenvalue weighted by atomic mass is 10.1. The van der Waals surface area contributed by atoms with Gasteiger partial charge in [-0.2, -0.15) is 0 Å². The first kappa shape index (κ1) is 12.2. The van der Waals surface area contributed by atoms with E-state index in [2.05, 4.69) is 5.43 Å². The number of rotatable bonds is 8. The Morgan fingerprint density at radius 1 is 1.60 bits per heavy atom. The summed E-state index contributed by atoms with van der Waals surface area (Å²) >= 11 is 0. The molecule has 0 fully saturated rings. The molecule has 1 heterocycles. The van der Waals surface area contributed by atoms with Crippen LogP contribution in [0, 0.1) is 0 Å². The molecule has 1 aromatic rings. The largest absolute Gasteiger partial charge is 0.472 e. The molecule has 1 aromatic heterocycles. The summed E-state index contributed by atoms with van der Waals surface area (Å²) in [6.45, 7) is 3.59. The highest BCUT2D eigenvalue weighted by atomic mass is 16.5. The van der Waals surface area contributed by atoms with Crippen molar-refractivity contribution in [3.63, 3.8) is 0 Å².